The molecule has 1 heterocycles. The summed E-state index contributed by atoms with van der Waals surface area (Å²) in [7, 11) is 0. The Bertz CT molecular complexity index is 436. The van der Waals surface area contributed by atoms with Gasteiger partial charge in [-0.1, -0.05) is 35.5 Å². The van der Waals surface area contributed by atoms with Crippen LogP contribution in [0.4, 0.5) is 5.69 Å². The predicted molar refractivity (Wildman–Crippen MR) is 65.7 cm³/mol. The molecule has 1 aromatic rings. The van der Waals surface area contributed by atoms with Crippen LogP contribution in [0.25, 0.3) is 0 Å². The monoisotopic (exact) mass is 255 g/mol. The highest BCUT2D eigenvalue weighted by atomic mass is 35.5. The van der Waals surface area contributed by atoms with Crippen LogP contribution < -0.4 is 5.32 Å². The van der Waals surface area contributed by atoms with Crippen LogP contribution >= 0.6 is 23.4 Å². The van der Waals surface area contributed by atoms with Crippen molar-refractivity contribution in [3.8, 4) is 0 Å². The highest BCUT2D eigenvalue weighted by Crippen LogP contribution is 2.28. The van der Waals surface area contributed by atoms with E-state index in [0.29, 0.717) is 17.1 Å². The van der Waals surface area contributed by atoms with Crippen molar-refractivity contribution in [3.63, 3.8) is 0 Å². The van der Waals surface area contributed by atoms with Crippen LogP contribution in [0.1, 0.15) is 6.42 Å². The first-order valence-electron chi connectivity index (χ1n) is 4.90. The van der Waals surface area contributed by atoms with Crippen LogP contribution in [0, 0.1) is 5.92 Å². The van der Waals surface area contributed by atoms with E-state index in [2.05, 4.69) is 5.32 Å². The molecule has 1 aromatic carbocycles. The standard InChI is InChI=1S/C11H10ClNO2S/c12-8-3-1-2-4-9(8)13-10(14)7-5-6-16-11(7)15/h1-4,7H,5-6H2,(H,13,14). The summed E-state index contributed by atoms with van der Waals surface area (Å²) >= 11 is 7.12. The Morgan fingerprint density at radius 3 is 2.81 bits per heavy atom. The zero-order chi connectivity index (χ0) is 11.5. The second-order valence-corrected chi connectivity index (χ2v) is 4.98. The van der Waals surface area contributed by atoms with Crippen LogP contribution in [0.2, 0.25) is 5.02 Å². The zero-order valence-electron chi connectivity index (χ0n) is 8.40. The molecule has 1 aliphatic heterocycles. The van der Waals surface area contributed by atoms with Crippen molar-refractivity contribution in [2.75, 3.05) is 11.1 Å². The second-order valence-electron chi connectivity index (χ2n) is 3.48. The van der Waals surface area contributed by atoms with Gasteiger partial charge in [-0.25, -0.2) is 0 Å². The van der Waals surface area contributed by atoms with E-state index in [1.54, 1.807) is 24.3 Å². The maximum absolute atomic E-state index is 11.8. The lowest BCUT2D eigenvalue weighted by Gasteiger charge is -2.09. The first-order valence-corrected chi connectivity index (χ1v) is 6.27. The van der Waals surface area contributed by atoms with Crippen LogP contribution in [0.15, 0.2) is 24.3 Å². The van der Waals surface area contributed by atoms with E-state index in [0.717, 1.165) is 5.75 Å². The second kappa shape index (κ2) is 4.89. The number of hydrogen-bond donors (Lipinski definition) is 1. The number of thioether (sulfide) groups is 1. The van der Waals surface area contributed by atoms with Gasteiger partial charge in [0.2, 0.25) is 11.0 Å². The van der Waals surface area contributed by atoms with E-state index < -0.39 is 5.92 Å². The molecule has 0 aliphatic carbocycles. The van der Waals surface area contributed by atoms with Crippen LogP contribution in [-0.4, -0.2) is 16.8 Å². The summed E-state index contributed by atoms with van der Waals surface area (Å²) < 4.78 is 0. The number of halogens is 1. The number of anilines is 1. The average Bonchev–Trinajstić information content (AvgIpc) is 2.68. The summed E-state index contributed by atoms with van der Waals surface area (Å²) in [5.74, 6) is -0.0659. The Labute approximate surface area is 103 Å². The average molecular weight is 256 g/mol. The van der Waals surface area contributed by atoms with E-state index in [9.17, 15) is 9.59 Å². The molecule has 1 N–H and O–H groups in total. The molecular weight excluding hydrogens is 246 g/mol. The Hall–Kier alpha value is -1.00. The first-order chi connectivity index (χ1) is 7.68. The molecule has 1 unspecified atom stereocenters. The number of rotatable bonds is 2. The van der Waals surface area contributed by atoms with Crippen molar-refractivity contribution >= 4 is 40.1 Å². The Morgan fingerprint density at radius 1 is 1.44 bits per heavy atom. The summed E-state index contributed by atoms with van der Waals surface area (Å²) in [6, 6.07) is 6.98. The highest BCUT2D eigenvalue weighted by molar-refractivity contribution is 8.14. The lowest BCUT2D eigenvalue weighted by Crippen LogP contribution is -2.25. The minimum Gasteiger partial charge on any atom is -0.324 e. The molecule has 84 valence electrons. The lowest BCUT2D eigenvalue weighted by atomic mass is 10.1. The molecule has 1 atom stereocenters. The minimum atomic E-state index is -0.527. The van der Waals surface area contributed by atoms with Crippen LogP contribution in [-0.2, 0) is 9.59 Å². The highest BCUT2D eigenvalue weighted by Gasteiger charge is 2.32. The van der Waals surface area contributed by atoms with Gasteiger partial charge in [-0.2, -0.15) is 0 Å². The molecule has 1 amide bonds. The molecule has 1 fully saturated rings. The van der Waals surface area contributed by atoms with Crippen molar-refractivity contribution in [2.24, 2.45) is 5.92 Å². The molecule has 1 aliphatic rings. The third kappa shape index (κ3) is 2.39. The molecule has 0 aromatic heterocycles. The quantitative estimate of drug-likeness (QED) is 0.827. The van der Waals surface area contributed by atoms with Gasteiger partial charge in [0.25, 0.3) is 0 Å². The van der Waals surface area contributed by atoms with E-state index in [1.807, 2.05) is 0 Å². The largest absolute Gasteiger partial charge is 0.324 e. The number of nitrogens with one attached hydrogen (secondary N) is 1. The number of carbonyl (C=O) groups is 2. The third-order valence-corrected chi connectivity index (χ3v) is 3.72. The maximum atomic E-state index is 11.8. The summed E-state index contributed by atoms with van der Waals surface area (Å²) in [6.07, 6.45) is 0.611. The summed E-state index contributed by atoms with van der Waals surface area (Å²) in [5.41, 5.74) is 0.555. The summed E-state index contributed by atoms with van der Waals surface area (Å²) in [4.78, 5) is 23.1. The number of carbonyl (C=O) groups excluding carboxylic acids is 2. The maximum Gasteiger partial charge on any atom is 0.235 e. The van der Waals surface area contributed by atoms with Crippen LogP contribution in [0.3, 0.4) is 0 Å². The van der Waals surface area contributed by atoms with E-state index >= 15 is 0 Å². The number of para-hydroxylation sites is 1. The normalized spacial score (nSPS) is 19.8. The van der Waals surface area contributed by atoms with Gasteiger partial charge >= 0.3 is 0 Å². The Balaban J connectivity index is 2.08. The van der Waals surface area contributed by atoms with E-state index in [4.69, 9.17) is 11.6 Å². The molecule has 5 heteroatoms. The van der Waals surface area contributed by atoms with Gasteiger partial charge in [-0.05, 0) is 18.6 Å². The fourth-order valence-electron chi connectivity index (χ4n) is 1.52. The molecule has 2 rings (SSSR count). The van der Waals surface area contributed by atoms with Gasteiger partial charge in [-0.3, -0.25) is 9.59 Å². The van der Waals surface area contributed by atoms with E-state index in [-0.39, 0.29) is 11.0 Å². The smallest absolute Gasteiger partial charge is 0.235 e. The van der Waals surface area contributed by atoms with Gasteiger partial charge in [0.1, 0.15) is 5.92 Å². The molecule has 0 radical (unpaired) electrons. The zero-order valence-corrected chi connectivity index (χ0v) is 9.98. The van der Waals surface area contributed by atoms with Crippen molar-refractivity contribution < 1.29 is 9.59 Å². The molecule has 0 bridgehead atoms. The molecule has 3 nitrogen and oxygen atoms in total. The number of benzene rings is 1. The van der Waals surface area contributed by atoms with Crippen molar-refractivity contribution in [1.82, 2.24) is 0 Å². The topological polar surface area (TPSA) is 46.2 Å². The van der Waals surface area contributed by atoms with Gasteiger partial charge in [0, 0.05) is 5.75 Å². The number of amides is 1. The Morgan fingerprint density at radius 2 is 2.19 bits per heavy atom. The minimum absolute atomic E-state index is 0.0513. The molecule has 0 saturated carbocycles. The van der Waals surface area contributed by atoms with Gasteiger partial charge in [-0.15, -0.1) is 0 Å². The molecule has 16 heavy (non-hydrogen) atoms. The van der Waals surface area contributed by atoms with Crippen molar-refractivity contribution in [1.29, 1.82) is 0 Å². The van der Waals surface area contributed by atoms with Gasteiger partial charge in [0.05, 0.1) is 10.7 Å². The van der Waals surface area contributed by atoms with Crippen LogP contribution in [0.5, 0.6) is 0 Å². The lowest BCUT2D eigenvalue weighted by molar-refractivity contribution is -0.126. The summed E-state index contributed by atoms with van der Waals surface area (Å²) in [6.45, 7) is 0. The number of hydrogen-bond acceptors (Lipinski definition) is 3. The predicted octanol–water partition coefficient (Wildman–Crippen LogP) is 2.56. The fraction of sp³-hybridized carbons (Fsp3) is 0.273. The third-order valence-electron chi connectivity index (χ3n) is 2.38. The Kier molecular flexibility index (Phi) is 3.51. The van der Waals surface area contributed by atoms with Gasteiger partial charge in [0.15, 0.2) is 0 Å². The molecule has 1 saturated heterocycles. The SMILES string of the molecule is O=C(Nc1ccccc1Cl)C1CCSC1=O. The van der Waals surface area contributed by atoms with Gasteiger partial charge < -0.3 is 5.32 Å². The van der Waals surface area contributed by atoms with Crippen molar-refractivity contribution in [3.05, 3.63) is 29.3 Å². The molecule has 0 spiro atoms. The van der Waals surface area contributed by atoms with Crippen molar-refractivity contribution in [2.45, 2.75) is 6.42 Å². The first kappa shape index (κ1) is 11.5. The van der Waals surface area contributed by atoms with E-state index in [1.165, 1.54) is 11.8 Å². The molecular formula is C11H10ClNO2S. The summed E-state index contributed by atoms with van der Waals surface area (Å²) in [5, 5.41) is 3.11. The fourth-order valence-corrected chi connectivity index (χ4v) is 2.68.